The summed E-state index contributed by atoms with van der Waals surface area (Å²) in [5, 5.41) is 11.2. The minimum absolute atomic E-state index is 0.100. The molecule has 0 spiro atoms. The predicted octanol–water partition coefficient (Wildman–Crippen LogP) is 2.71. The second-order valence-electron chi connectivity index (χ2n) is 7.37. The third-order valence-corrected chi connectivity index (χ3v) is 4.92. The molecule has 0 atom stereocenters. The van der Waals surface area contributed by atoms with Crippen molar-refractivity contribution >= 4 is 30.0 Å². The van der Waals surface area contributed by atoms with Crippen LogP contribution >= 0.6 is 0 Å². The van der Waals surface area contributed by atoms with Gasteiger partial charge < -0.3 is 14.6 Å². The van der Waals surface area contributed by atoms with E-state index in [4.69, 9.17) is 9.31 Å². The van der Waals surface area contributed by atoms with E-state index < -0.39 is 18.3 Å². The highest BCUT2D eigenvalue weighted by atomic mass is 16.7. The van der Waals surface area contributed by atoms with E-state index in [2.05, 4.69) is 15.5 Å². The van der Waals surface area contributed by atoms with Crippen LogP contribution in [0.25, 0.3) is 17.0 Å². The Balaban J connectivity index is 1.96. The van der Waals surface area contributed by atoms with Crippen molar-refractivity contribution in [2.24, 2.45) is 0 Å². The molecule has 7 heteroatoms. The van der Waals surface area contributed by atoms with Gasteiger partial charge in [0.15, 0.2) is 0 Å². The number of para-hydroxylation sites is 1. The van der Waals surface area contributed by atoms with Crippen LogP contribution in [-0.4, -0.2) is 41.0 Å². The summed E-state index contributed by atoms with van der Waals surface area (Å²) in [4.78, 5) is 11.4. The van der Waals surface area contributed by atoms with Crippen molar-refractivity contribution in [2.75, 3.05) is 6.54 Å². The van der Waals surface area contributed by atoms with Gasteiger partial charge in [0.25, 0.3) is 0 Å². The molecule has 1 fully saturated rings. The number of benzene rings is 1. The van der Waals surface area contributed by atoms with E-state index in [1.807, 2.05) is 58.0 Å². The zero-order valence-electron chi connectivity index (χ0n) is 15.3. The first-order valence-corrected chi connectivity index (χ1v) is 8.43. The standard InChI is InChI=1S/C18H24BN3O3/c1-12(23)20-11-13(19-24-17(2,3)18(4,5)25-19)10-16-14-8-6-7-9-15(14)21-22-16/h6-10H,11H2,1-5H3,(H,20,23)(H,21,22). The first kappa shape index (κ1) is 17.7. The zero-order valence-corrected chi connectivity index (χ0v) is 15.3. The third-order valence-electron chi connectivity index (χ3n) is 4.92. The maximum atomic E-state index is 11.4. The van der Waals surface area contributed by atoms with Crippen LogP contribution in [0.1, 0.15) is 40.3 Å². The van der Waals surface area contributed by atoms with Crippen molar-refractivity contribution in [3.63, 3.8) is 0 Å². The molecule has 1 amide bonds. The van der Waals surface area contributed by atoms with Gasteiger partial charge in [-0.1, -0.05) is 18.2 Å². The second-order valence-corrected chi connectivity index (χ2v) is 7.37. The minimum atomic E-state index is -0.529. The van der Waals surface area contributed by atoms with Crippen molar-refractivity contribution in [1.29, 1.82) is 0 Å². The lowest BCUT2D eigenvalue weighted by Crippen LogP contribution is -2.41. The summed E-state index contributed by atoms with van der Waals surface area (Å²) in [7, 11) is -0.529. The molecule has 1 aromatic carbocycles. The highest BCUT2D eigenvalue weighted by molar-refractivity contribution is 6.56. The van der Waals surface area contributed by atoms with E-state index in [0.717, 1.165) is 22.1 Å². The Kier molecular flexibility index (Phi) is 4.47. The van der Waals surface area contributed by atoms with Gasteiger partial charge in [0.1, 0.15) is 0 Å². The van der Waals surface area contributed by atoms with Crippen LogP contribution in [0.4, 0.5) is 0 Å². The average Bonchev–Trinajstić information content (AvgIpc) is 3.02. The van der Waals surface area contributed by atoms with Gasteiger partial charge in [-0.15, -0.1) is 0 Å². The monoisotopic (exact) mass is 341 g/mol. The maximum absolute atomic E-state index is 11.4. The number of H-pyrrole nitrogens is 1. The number of hydrogen-bond acceptors (Lipinski definition) is 4. The number of rotatable bonds is 4. The lowest BCUT2D eigenvalue weighted by molar-refractivity contribution is -0.118. The number of hydrogen-bond donors (Lipinski definition) is 2. The predicted molar refractivity (Wildman–Crippen MR) is 98.8 cm³/mol. The molecule has 2 N–H and O–H groups in total. The molecule has 1 saturated heterocycles. The molecule has 1 aliphatic heterocycles. The van der Waals surface area contributed by atoms with Crippen molar-refractivity contribution in [2.45, 2.75) is 45.8 Å². The molecular formula is C18H24BN3O3. The molecule has 1 aromatic heterocycles. The lowest BCUT2D eigenvalue weighted by Gasteiger charge is -2.32. The Labute approximate surface area is 148 Å². The molecule has 0 unspecified atom stereocenters. The van der Waals surface area contributed by atoms with Gasteiger partial charge in [0.05, 0.1) is 22.4 Å². The van der Waals surface area contributed by atoms with Crippen LogP contribution in [0.3, 0.4) is 0 Å². The van der Waals surface area contributed by atoms with E-state index in [1.165, 1.54) is 6.92 Å². The molecule has 0 bridgehead atoms. The average molecular weight is 341 g/mol. The molecule has 2 aromatic rings. The summed E-state index contributed by atoms with van der Waals surface area (Å²) in [5.74, 6) is -0.100. The zero-order chi connectivity index (χ0) is 18.2. The SMILES string of the molecule is CC(=O)NCC(=Cc1[nH]nc2ccccc12)B1OC(C)(C)C(C)(C)O1. The lowest BCUT2D eigenvalue weighted by atomic mass is 9.77. The summed E-state index contributed by atoms with van der Waals surface area (Å²) in [5.41, 5.74) is 1.71. The number of amides is 1. The molecule has 3 rings (SSSR count). The van der Waals surface area contributed by atoms with Crippen LogP contribution in [0.5, 0.6) is 0 Å². The Bertz CT molecular complexity index is 810. The Morgan fingerprint density at radius 1 is 1.24 bits per heavy atom. The van der Waals surface area contributed by atoms with Crippen LogP contribution in [0.15, 0.2) is 29.7 Å². The fraction of sp³-hybridized carbons (Fsp3) is 0.444. The van der Waals surface area contributed by atoms with E-state index in [1.54, 1.807) is 0 Å². The normalized spacial score (nSPS) is 19.4. The van der Waals surface area contributed by atoms with Crippen LogP contribution in [0, 0.1) is 0 Å². The third kappa shape index (κ3) is 3.48. The summed E-state index contributed by atoms with van der Waals surface area (Å²) in [6, 6.07) is 7.87. The summed E-state index contributed by atoms with van der Waals surface area (Å²) < 4.78 is 12.3. The Hall–Kier alpha value is -2.12. The number of carbonyl (C=O) groups is 1. The van der Waals surface area contributed by atoms with Gasteiger partial charge in [-0.2, -0.15) is 5.10 Å². The summed E-state index contributed by atoms with van der Waals surface area (Å²) in [6.45, 7) is 9.87. The maximum Gasteiger partial charge on any atom is 0.492 e. The van der Waals surface area contributed by atoms with Crippen molar-refractivity contribution in [3.8, 4) is 0 Å². The van der Waals surface area contributed by atoms with Crippen LogP contribution < -0.4 is 5.32 Å². The van der Waals surface area contributed by atoms with Crippen molar-refractivity contribution in [1.82, 2.24) is 15.5 Å². The smallest absolute Gasteiger partial charge is 0.400 e. The van der Waals surface area contributed by atoms with Gasteiger partial charge in [0.2, 0.25) is 5.91 Å². The quantitative estimate of drug-likeness (QED) is 0.839. The number of aromatic nitrogens is 2. The Morgan fingerprint density at radius 2 is 1.88 bits per heavy atom. The van der Waals surface area contributed by atoms with Gasteiger partial charge in [-0.25, -0.2) is 0 Å². The highest BCUT2D eigenvalue weighted by Crippen LogP contribution is 2.38. The minimum Gasteiger partial charge on any atom is -0.400 e. The highest BCUT2D eigenvalue weighted by Gasteiger charge is 2.52. The number of fused-ring (bicyclic) bond motifs is 1. The van der Waals surface area contributed by atoms with E-state index in [9.17, 15) is 4.79 Å². The Morgan fingerprint density at radius 3 is 2.52 bits per heavy atom. The van der Waals surface area contributed by atoms with Crippen molar-refractivity contribution < 1.29 is 14.1 Å². The molecule has 0 saturated carbocycles. The van der Waals surface area contributed by atoms with Crippen LogP contribution in [-0.2, 0) is 14.1 Å². The van der Waals surface area contributed by atoms with E-state index in [0.29, 0.717) is 6.54 Å². The molecular weight excluding hydrogens is 317 g/mol. The molecule has 0 aliphatic carbocycles. The topological polar surface area (TPSA) is 76.2 Å². The number of aromatic amines is 1. The van der Waals surface area contributed by atoms with Crippen molar-refractivity contribution in [3.05, 3.63) is 35.4 Å². The molecule has 132 valence electrons. The van der Waals surface area contributed by atoms with E-state index in [-0.39, 0.29) is 5.91 Å². The first-order chi connectivity index (χ1) is 11.7. The number of nitrogens with one attached hydrogen (secondary N) is 2. The number of carbonyl (C=O) groups excluding carboxylic acids is 1. The molecule has 2 heterocycles. The first-order valence-electron chi connectivity index (χ1n) is 8.43. The van der Waals surface area contributed by atoms with E-state index >= 15 is 0 Å². The molecule has 25 heavy (non-hydrogen) atoms. The fourth-order valence-electron chi connectivity index (χ4n) is 2.70. The summed E-state index contributed by atoms with van der Waals surface area (Å²) >= 11 is 0. The second kappa shape index (κ2) is 6.31. The van der Waals surface area contributed by atoms with Gasteiger partial charge in [-0.3, -0.25) is 9.89 Å². The summed E-state index contributed by atoms with van der Waals surface area (Å²) in [6.07, 6.45) is 1.95. The fourth-order valence-corrected chi connectivity index (χ4v) is 2.70. The van der Waals surface area contributed by atoms with Gasteiger partial charge >= 0.3 is 7.12 Å². The largest absolute Gasteiger partial charge is 0.492 e. The van der Waals surface area contributed by atoms with Gasteiger partial charge in [-0.05, 0) is 45.3 Å². The van der Waals surface area contributed by atoms with Crippen LogP contribution in [0.2, 0.25) is 0 Å². The molecule has 6 nitrogen and oxygen atoms in total. The molecule has 0 radical (unpaired) electrons. The molecule has 1 aliphatic rings. The van der Waals surface area contributed by atoms with Gasteiger partial charge in [0, 0.05) is 18.9 Å². The number of nitrogens with zero attached hydrogens (tertiary/aromatic N) is 1.